The fourth-order valence-electron chi connectivity index (χ4n) is 1.69. The zero-order valence-electron chi connectivity index (χ0n) is 10.4. The second kappa shape index (κ2) is 5.27. The monoisotopic (exact) mass is 247 g/mol. The SMILES string of the molecule is CCCNc1nnc(-c2ccc(C)cc2C)s1. The van der Waals surface area contributed by atoms with E-state index in [4.69, 9.17) is 0 Å². The highest BCUT2D eigenvalue weighted by atomic mass is 32.1. The van der Waals surface area contributed by atoms with Crippen molar-refractivity contribution in [2.45, 2.75) is 27.2 Å². The van der Waals surface area contributed by atoms with E-state index in [0.717, 1.165) is 23.1 Å². The van der Waals surface area contributed by atoms with Gasteiger partial charge in [0.25, 0.3) is 0 Å². The quantitative estimate of drug-likeness (QED) is 0.896. The highest BCUT2D eigenvalue weighted by molar-refractivity contribution is 7.18. The van der Waals surface area contributed by atoms with Crippen molar-refractivity contribution in [3.63, 3.8) is 0 Å². The molecule has 1 aromatic carbocycles. The van der Waals surface area contributed by atoms with Crippen molar-refractivity contribution in [3.8, 4) is 10.6 Å². The zero-order valence-corrected chi connectivity index (χ0v) is 11.3. The van der Waals surface area contributed by atoms with Gasteiger partial charge in [-0.3, -0.25) is 0 Å². The number of benzene rings is 1. The van der Waals surface area contributed by atoms with E-state index in [2.05, 4.69) is 54.5 Å². The lowest BCUT2D eigenvalue weighted by Gasteiger charge is -2.02. The van der Waals surface area contributed by atoms with E-state index in [1.807, 2.05) is 0 Å². The van der Waals surface area contributed by atoms with Crippen molar-refractivity contribution < 1.29 is 0 Å². The molecule has 0 spiro atoms. The molecule has 0 aliphatic rings. The normalized spacial score (nSPS) is 10.5. The third-order valence-corrected chi connectivity index (χ3v) is 3.48. The fourth-order valence-corrected chi connectivity index (χ4v) is 2.55. The standard InChI is InChI=1S/C13H17N3S/c1-4-7-14-13-16-15-12(17-13)11-6-5-9(2)8-10(11)3/h5-6,8H,4,7H2,1-3H3,(H,14,16). The van der Waals surface area contributed by atoms with Crippen molar-refractivity contribution in [3.05, 3.63) is 29.3 Å². The molecule has 0 fully saturated rings. The minimum atomic E-state index is 0.904. The van der Waals surface area contributed by atoms with Crippen molar-refractivity contribution in [1.82, 2.24) is 10.2 Å². The topological polar surface area (TPSA) is 37.8 Å². The van der Waals surface area contributed by atoms with E-state index in [9.17, 15) is 0 Å². The summed E-state index contributed by atoms with van der Waals surface area (Å²) in [6.07, 6.45) is 1.10. The summed E-state index contributed by atoms with van der Waals surface area (Å²) in [7, 11) is 0. The molecule has 0 saturated heterocycles. The third kappa shape index (κ3) is 2.82. The molecule has 2 rings (SSSR count). The molecule has 1 aromatic heterocycles. The number of hydrogen-bond acceptors (Lipinski definition) is 4. The molecule has 2 aromatic rings. The Balaban J connectivity index is 2.24. The summed E-state index contributed by atoms with van der Waals surface area (Å²) < 4.78 is 0. The van der Waals surface area contributed by atoms with Crippen LogP contribution >= 0.6 is 11.3 Å². The number of aromatic nitrogens is 2. The van der Waals surface area contributed by atoms with Crippen molar-refractivity contribution in [2.75, 3.05) is 11.9 Å². The molecule has 0 aliphatic heterocycles. The van der Waals surface area contributed by atoms with Crippen LogP contribution < -0.4 is 5.32 Å². The first-order chi connectivity index (χ1) is 8.20. The summed E-state index contributed by atoms with van der Waals surface area (Å²) in [4.78, 5) is 0. The second-order valence-electron chi connectivity index (χ2n) is 4.16. The van der Waals surface area contributed by atoms with Crippen molar-refractivity contribution in [2.24, 2.45) is 0 Å². The van der Waals surface area contributed by atoms with Gasteiger partial charge < -0.3 is 5.32 Å². The summed E-state index contributed by atoms with van der Waals surface area (Å²) in [5.41, 5.74) is 3.71. The Kier molecular flexibility index (Phi) is 3.74. The van der Waals surface area contributed by atoms with Gasteiger partial charge in [0.1, 0.15) is 5.01 Å². The molecule has 0 aliphatic carbocycles. The molecular weight excluding hydrogens is 230 g/mol. The average Bonchev–Trinajstić information content (AvgIpc) is 2.75. The van der Waals surface area contributed by atoms with Gasteiger partial charge >= 0.3 is 0 Å². The van der Waals surface area contributed by atoms with Gasteiger partial charge in [0.2, 0.25) is 5.13 Å². The van der Waals surface area contributed by atoms with Crippen LogP contribution in [-0.2, 0) is 0 Å². The van der Waals surface area contributed by atoms with E-state index in [1.165, 1.54) is 16.7 Å². The number of aryl methyl sites for hydroxylation is 2. The maximum absolute atomic E-state index is 4.24. The number of anilines is 1. The number of nitrogens with one attached hydrogen (secondary N) is 1. The van der Waals surface area contributed by atoms with E-state index >= 15 is 0 Å². The first-order valence-corrected chi connectivity index (χ1v) is 6.67. The van der Waals surface area contributed by atoms with Crippen molar-refractivity contribution >= 4 is 16.5 Å². The Morgan fingerprint density at radius 3 is 2.76 bits per heavy atom. The maximum atomic E-state index is 4.24. The molecule has 0 saturated carbocycles. The smallest absolute Gasteiger partial charge is 0.206 e. The Labute approximate surface area is 106 Å². The number of hydrogen-bond donors (Lipinski definition) is 1. The Morgan fingerprint density at radius 2 is 2.06 bits per heavy atom. The van der Waals surface area contributed by atoms with Gasteiger partial charge in [-0.25, -0.2) is 0 Å². The predicted octanol–water partition coefficient (Wildman–Crippen LogP) is 3.64. The van der Waals surface area contributed by atoms with Crippen LogP contribution in [0.1, 0.15) is 24.5 Å². The molecule has 17 heavy (non-hydrogen) atoms. The number of rotatable bonds is 4. The van der Waals surface area contributed by atoms with Gasteiger partial charge in [-0.05, 0) is 25.8 Å². The first-order valence-electron chi connectivity index (χ1n) is 5.85. The zero-order chi connectivity index (χ0) is 12.3. The second-order valence-corrected chi connectivity index (χ2v) is 5.14. The van der Waals surface area contributed by atoms with Gasteiger partial charge in [-0.1, -0.05) is 42.0 Å². The first kappa shape index (κ1) is 12.0. The van der Waals surface area contributed by atoms with Crippen LogP contribution in [-0.4, -0.2) is 16.7 Å². The molecule has 90 valence electrons. The molecule has 3 nitrogen and oxygen atoms in total. The van der Waals surface area contributed by atoms with Crippen LogP contribution in [0.5, 0.6) is 0 Å². The molecular formula is C13H17N3S. The lowest BCUT2D eigenvalue weighted by Crippen LogP contribution is -1.98. The lowest BCUT2D eigenvalue weighted by atomic mass is 10.1. The van der Waals surface area contributed by atoms with Gasteiger partial charge in [0.05, 0.1) is 0 Å². The Hall–Kier alpha value is -1.42. The van der Waals surface area contributed by atoms with Crippen LogP contribution in [0.2, 0.25) is 0 Å². The summed E-state index contributed by atoms with van der Waals surface area (Å²) in [6.45, 7) is 7.30. The van der Waals surface area contributed by atoms with Gasteiger partial charge in [0.15, 0.2) is 0 Å². The minimum Gasteiger partial charge on any atom is -0.360 e. The fraction of sp³-hybridized carbons (Fsp3) is 0.385. The van der Waals surface area contributed by atoms with Crippen LogP contribution in [0.15, 0.2) is 18.2 Å². The molecule has 0 amide bonds. The average molecular weight is 247 g/mol. The Bertz CT molecular complexity index is 505. The van der Waals surface area contributed by atoms with E-state index in [1.54, 1.807) is 11.3 Å². The molecule has 0 unspecified atom stereocenters. The molecule has 0 radical (unpaired) electrons. The molecule has 0 bridgehead atoms. The van der Waals surface area contributed by atoms with Crippen LogP contribution in [0, 0.1) is 13.8 Å². The molecule has 4 heteroatoms. The minimum absolute atomic E-state index is 0.904. The van der Waals surface area contributed by atoms with Crippen LogP contribution in [0.4, 0.5) is 5.13 Å². The summed E-state index contributed by atoms with van der Waals surface area (Å²) in [6, 6.07) is 6.41. The number of nitrogens with zero attached hydrogens (tertiary/aromatic N) is 2. The van der Waals surface area contributed by atoms with Crippen LogP contribution in [0.25, 0.3) is 10.6 Å². The van der Waals surface area contributed by atoms with Crippen molar-refractivity contribution in [1.29, 1.82) is 0 Å². The van der Waals surface area contributed by atoms with Gasteiger partial charge in [0, 0.05) is 12.1 Å². The third-order valence-electron chi connectivity index (χ3n) is 2.56. The van der Waals surface area contributed by atoms with Gasteiger partial charge in [-0.2, -0.15) is 0 Å². The largest absolute Gasteiger partial charge is 0.360 e. The van der Waals surface area contributed by atoms with Gasteiger partial charge in [-0.15, -0.1) is 10.2 Å². The maximum Gasteiger partial charge on any atom is 0.206 e. The predicted molar refractivity (Wildman–Crippen MR) is 73.6 cm³/mol. The lowest BCUT2D eigenvalue weighted by molar-refractivity contribution is 0.964. The summed E-state index contributed by atoms with van der Waals surface area (Å²) in [5.74, 6) is 0. The Morgan fingerprint density at radius 1 is 1.24 bits per heavy atom. The highest BCUT2D eigenvalue weighted by Crippen LogP contribution is 2.29. The molecule has 1 heterocycles. The van der Waals surface area contributed by atoms with E-state index in [-0.39, 0.29) is 0 Å². The molecule has 1 N–H and O–H groups in total. The van der Waals surface area contributed by atoms with E-state index in [0.29, 0.717) is 0 Å². The van der Waals surface area contributed by atoms with E-state index < -0.39 is 0 Å². The summed E-state index contributed by atoms with van der Waals surface area (Å²) >= 11 is 1.61. The highest BCUT2D eigenvalue weighted by Gasteiger charge is 2.08. The molecule has 0 atom stereocenters. The summed E-state index contributed by atoms with van der Waals surface area (Å²) in [5, 5.41) is 13.5. The van der Waals surface area contributed by atoms with Crippen LogP contribution in [0.3, 0.4) is 0 Å².